The molecule has 10 heteroatoms. The number of quaternary nitrogens is 1. The van der Waals surface area contributed by atoms with Gasteiger partial charge in [-0.3, -0.25) is 4.79 Å². The third kappa shape index (κ3) is 4.82. The molecule has 6 nitrogen and oxygen atoms in total. The molecule has 3 aromatic rings. The third-order valence-corrected chi connectivity index (χ3v) is 6.12. The maximum atomic E-state index is 14.4. The number of rotatable bonds is 4. The molecule has 34 heavy (non-hydrogen) atoms. The van der Waals surface area contributed by atoms with Gasteiger partial charge in [0.2, 0.25) is 5.82 Å². The van der Waals surface area contributed by atoms with Crippen molar-refractivity contribution in [2.75, 3.05) is 18.0 Å². The van der Waals surface area contributed by atoms with E-state index in [2.05, 4.69) is 21.0 Å². The van der Waals surface area contributed by atoms with Crippen molar-refractivity contribution in [3.05, 3.63) is 58.7 Å². The molecule has 180 valence electrons. The number of nitrogens with one attached hydrogen (secondary N) is 1. The number of amides is 1. The van der Waals surface area contributed by atoms with Crippen molar-refractivity contribution in [3.63, 3.8) is 0 Å². The smallest absolute Gasteiger partial charge is 0.356 e. The highest BCUT2D eigenvalue weighted by molar-refractivity contribution is 6.00. The first kappa shape index (κ1) is 23.9. The largest absolute Gasteiger partial charge is 0.451 e. The molecular weight excluding hydrogens is 450 g/mol. The minimum Gasteiger partial charge on any atom is -0.356 e. The molecule has 1 fully saturated rings. The Hall–Kier alpha value is -3.27. The van der Waals surface area contributed by atoms with Crippen LogP contribution in [0.4, 0.5) is 29.1 Å². The van der Waals surface area contributed by atoms with Crippen LogP contribution in [0.3, 0.4) is 0 Å². The average Bonchev–Trinajstić information content (AvgIpc) is 2.80. The summed E-state index contributed by atoms with van der Waals surface area (Å²) in [4.78, 5) is 22.3. The van der Waals surface area contributed by atoms with E-state index in [0.717, 1.165) is 24.8 Å². The van der Waals surface area contributed by atoms with Gasteiger partial charge in [-0.1, -0.05) is 0 Å². The second-order valence-electron chi connectivity index (χ2n) is 8.64. The molecule has 2 heterocycles. The second-order valence-corrected chi connectivity index (χ2v) is 8.64. The van der Waals surface area contributed by atoms with E-state index < -0.39 is 29.8 Å². The number of aromatic nitrogens is 2. The Morgan fingerprint density at radius 3 is 2.50 bits per heavy atom. The highest BCUT2D eigenvalue weighted by Crippen LogP contribution is 2.33. The summed E-state index contributed by atoms with van der Waals surface area (Å²) < 4.78 is 54.7. The van der Waals surface area contributed by atoms with Gasteiger partial charge in [0.15, 0.2) is 0 Å². The quantitative estimate of drug-likeness (QED) is 0.545. The number of piperidine rings is 1. The Morgan fingerprint density at radius 1 is 1.12 bits per heavy atom. The summed E-state index contributed by atoms with van der Waals surface area (Å²) in [6.45, 7) is 4.63. The van der Waals surface area contributed by atoms with Crippen molar-refractivity contribution in [3.8, 4) is 0 Å². The van der Waals surface area contributed by atoms with Crippen LogP contribution in [-0.2, 0) is 6.18 Å². The molecule has 0 bridgehead atoms. The molecule has 0 aliphatic carbocycles. The molecule has 4 rings (SSSR count). The summed E-state index contributed by atoms with van der Waals surface area (Å²) >= 11 is 0. The van der Waals surface area contributed by atoms with E-state index in [9.17, 15) is 22.4 Å². The average molecular weight is 476 g/mol. The van der Waals surface area contributed by atoms with Crippen molar-refractivity contribution in [2.45, 2.75) is 45.3 Å². The molecule has 4 N–H and O–H groups in total. The van der Waals surface area contributed by atoms with Crippen LogP contribution in [0.15, 0.2) is 30.3 Å². The number of alkyl halides is 3. The van der Waals surface area contributed by atoms with Gasteiger partial charge in [0.1, 0.15) is 17.3 Å². The maximum Gasteiger partial charge on any atom is 0.451 e. The van der Waals surface area contributed by atoms with E-state index in [4.69, 9.17) is 0 Å². The van der Waals surface area contributed by atoms with Crippen LogP contribution in [0.2, 0.25) is 0 Å². The number of anilines is 1. The van der Waals surface area contributed by atoms with E-state index in [1.165, 1.54) is 24.3 Å². The number of hydrogen-bond donors (Lipinski definition) is 2. The lowest BCUT2D eigenvalue weighted by Gasteiger charge is -2.29. The Labute approximate surface area is 194 Å². The Balaban J connectivity index is 1.69. The van der Waals surface area contributed by atoms with Gasteiger partial charge in [-0.2, -0.15) is 13.2 Å². The SMILES string of the molecule is Cc1cc([C@@H](C)NC(=O)c2ccc3nc(C(F)(F)F)nc(N4CCCCC4)c3c2)c(F)cc1[NH3+]. The third-order valence-electron chi connectivity index (χ3n) is 6.12. The van der Waals surface area contributed by atoms with Crippen molar-refractivity contribution in [2.24, 2.45) is 0 Å². The number of carbonyl (C=O) groups excluding carboxylic acids is 1. The van der Waals surface area contributed by atoms with E-state index in [1.807, 2.05) is 4.90 Å². The first-order chi connectivity index (χ1) is 16.0. The lowest BCUT2D eigenvalue weighted by molar-refractivity contribution is -0.255. The Bertz CT molecular complexity index is 1240. The van der Waals surface area contributed by atoms with Crippen LogP contribution in [0, 0.1) is 12.7 Å². The molecule has 0 spiro atoms. The molecule has 0 saturated carbocycles. The molecule has 1 aliphatic rings. The first-order valence-corrected chi connectivity index (χ1v) is 11.1. The van der Waals surface area contributed by atoms with Crippen LogP contribution in [0.25, 0.3) is 10.9 Å². The van der Waals surface area contributed by atoms with Crippen LogP contribution in [0.5, 0.6) is 0 Å². The highest BCUT2D eigenvalue weighted by Gasteiger charge is 2.36. The van der Waals surface area contributed by atoms with Gasteiger partial charge in [-0.15, -0.1) is 0 Å². The highest BCUT2D eigenvalue weighted by atomic mass is 19.4. The lowest BCUT2D eigenvalue weighted by atomic mass is 10.0. The van der Waals surface area contributed by atoms with Gasteiger partial charge in [0.05, 0.1) is 11.6 Å². The fourth-order valence-electron chi connectivity index (χ4n) is 4.16. The van der Waals surface area contributed by atoms with E-state index in [1.54, 1.807) is 19.9 Å². The minimum atomic E-state index is -4.68. The molecule has 1 saturated heterocycles. The molecule has 1 aromatic heterocycles. The predicted molar refractivity (Wildman–Crippen MR) is 120 cm³/mol. The number of hydrogen-bond acceptors (Lipinski definition) is 4. The fourth-order valence-corrected chi connectivity index (χ4v) is 4.16. The molecular formula is C24H26F4N5O+. The van der Waals surface area contributed by atoms with Crippen molar-refractivity contribution in [1.82, 2.24) is 15.3 Å². The van der Waals surface area contributed by atoms with Crippen LogP contribution in [-0.4, -0.2) is 29.0 Å². The van der Waals surface area contributed by atoms with Crippen LogP contribution >= 0.6 is 0 Å². The van der Waals surface area contributed by atoms with Gasteiger partial charge in [-0.05, 0) is 57.4 Å². The zero-order chi connectivity index (χ0) is 24.6. The van der Waals surface area contributed by atoms with E-state index in [-0.39, 0.29) is 16.9 Å². The van der Waals surface area contributed by atoms with Gasteiger partial charge in [-0.25, -0.2) is 14.4 Å². The number of nitrogens with zero attached hydrogens (tertiary/aromatic N) is 3. The topological polar surface area (TPSA) is 85.8 Å². The minimum absolute atomic E-state index is 0.111. The summed E-state index contributed by atoms with van der Waals surface area (Å²) in [6.07, 6.45) is -1.98. The molecule has 1 amide bonds. The molecule has 2 aromatic carbocycles. The number of halogens is 4. The van der Waals surface area contributed by atoms with Gasteiger partial charge >= 0.3 is 6.18 Å². The Morgan fingerprint density at radius 2 is 1.82 bits per heavy atom. The predicted octanol–water partition coefficient (Wildman–Crippen LogP) is 4.45. The summed E-state index contributed by atoms with van der Waals surface area (Å²) in [5, 5.41) is 3.14. The number of carbonyl (C=O) groups is 1. The molecule has 0 unspecified atom stereocenters. The number of fused-ring (bicyclic) bond motifs is 1. The zero-order valence-electron chi connectivity index (χ0n) is 19.0. The van der Waals surface area contributed by atoms with Gasteiger partial charge < -0.3 is 16.0 Å². The van der Waals surface area contributed by atoms with Gasteiger partial charge in [0, 0.05) is 41.2 Å². The lowest BCUT2D eigenvalue weighted by Crippen LogP contribution is -2.41. The van der Waals surface area contributed by atoms with E-state index in [0.29, 0.717) is 29.7 Å². The summed E-state index contributed by atoms with van der Waals surface area (Å²) in [5.74, 6) is -1.98. The standard InChI is InChI=1S/C24H25F4N5O/c1-13-10-16(18(25)12-19(13)29)14(2)30-22(34)15-6-7-20-17(11-15)21(33-8-4-3-5-9-33)32-23(31-20)24(26,27)28/h6-7,10-12,14H,3-5,8-9,29H2,1-2H3,(H,30,34)/p+1/t14-/m1/s1. The van der Waals surface area contributed by atoms with Crippen molar-refractivity contribution < 1.29 is 28.1 Å². The molecule has 1 atom stereocenters. The van der Waals surface area contributed by atoms with Crippen LogP contribution in [0.1, 0.15) is 59.5 Å². The zero-order valence-corrected chi connectivity index (χ0v) is 19.0. The number of benzene rings is 2. The van der Waals surface area contributed by atoms with Gasteiger partial charge in [0.25, 0.3) is 5.91 Å². The van der Waals surface area contributed by atoms with Crippen molar-refractivity contribution >= 4 is 28.3 Å². The Kier molecular flexibility index (Phi) is 6.44. The number of aryl methyl sites for hydroxylation is 1. The monoisotopic (exact) mass is 476 g/mol. The second kappa shape index (κ2) is 9.17. The summed E-state index contributed by atoms with van der Waals surface area (Å²) in [7, 11) is 0. The normalized spacial score (nSPS) is 15.4. The molecule has 0 radical (unpaired) electrons. The summed E-state index contributed by atoms with van der Waals surface area (Å²) in [6, 6.07) is 6.64. The fraction of sp³-hybridized carbons (Fsp3) is 0.375. The summed E-state index contributed by atoms with van der Waals surface area (Å²) in [5.41, 5.74) is 5.80. The molecule has 1 aliphatic heterocycles. The van der Waals surface area contributed by atoms with Crippen LogP contribution < -0.4 is 16.0 Å². The first-order valence-electron chi connectivity index (χ1n) is 11.1. The van der Waals surface area contributed by atoms with E-state index >= 15 is 0 Å². The van der Waals surface area contributed by atoms with Crippen molar-refractivity contribution in [1.29, 1.82) is 0 Å². The maximum absolute atomic E-state index is 14.4.